The molecule has 1 saturated heterocycles. The maximum Gasteiger partial charge on any atom is 0.141 e. The molecular formula is C10H14N2O. The molecule has 0 radical (unpaired) electrons. The van der Waals surface area contributed by atoms with Crippen LogP contribution in [-0.4, -0.2) is 23.7 Å². The quantitative estimate of drug-likeness (QED) is 0.737. The van der Waals surface area contributed by atoms with Gasteiger partial charge >= 0.3 is 0 Å². The molecule has 0 bridgehead atoms. The van der Waals surface area contributed by atoms with E-state index in [1.165, 1.54) is 0 Å². The molecule has 0 aliphatic carbocycles. The van der Waals surface area contributed by atoms with Gasteiger partial charge in [-0.1, -0.05) is 0 Å². The Bertz CT molecular complexity index is 308. The van der Waals surface area contributed by atoms with Gasteiger partial charge in [0, 0.05) is 19.3 Å². The van der Waals surface area contributed by atoms with E-state index in [1.807, 2.05) is 19.1 Å². The second-order valence-corrected chi connectivity index (χ2v) is 3.74. The van der Waals surface area contributed by atoms with Crippen LogP contribution in [0.2, 0.25) is 0 Å². The zero-order chi connectivity index (χ0) is 9.31. The average molecular weight is 178 g/mol. The standard InChI is InChI=1S/C10H14N2O/c1-8-9(4-3-5-12-8)13-10(2)6-11-7-10/h3-5,11H,6-7H2,1-2H3. The summed E-state index contributed by atoms with van der Waals surface area (Å²) in [5.41, 5.74) is 0.920. The molecule has 1 N–H and O–H groups in total. The van der Waals surface area contributed by atoms with Crippen molar-refractivity contribution in [2.75, 3.05) is 13.1 Å². The minimum absolute atomic E-state index is 0.0339. The van der Waals surface area contributed by atoms with Crippen LogP contribution < -0.4 is 10.1 Å². The first-order valence-electron chi connectivity index (χ1n) is 4.51. The van der Waals surface area contributed by atoms with Crippen LogP contribution in [0.4, 0.5) is 0 Å². The van der Waals surface area contributed by atoms with Gasteiger partial charge in [-0.15, -0.1) is 0 Å². The highest BCUT2D eigenvalue weighted by molar-refractivity contribution is 5.26. The monoisotopic (exact) mass is 178 g/mol. The topological polar surface area (TPSA) is 34.1 Å². The Kier molecular flexibility index (Phi) is 1.96. The first kappa shape index (κ1) is 8.51. The maximum atomic E-state index is 5.84. The van der Waals surface area contributed by atoms with E-state index in [2.05, 4.69) is 17.2 Å². The van der Waals surface area contributed by atoms with Crippen LogP contribution in [0.5, 0.6) is 5.75 Å². The Balaban J connectivity index is 2.13. The van der Waals surface area contributed by atoms with Gasteiger partial charge < -0.3 is 10.1 Å². The van der Waals surface area contributed by atoms with Gasteiger partial charge in [0.1, 0.15) is 11.4 Å². The average Bonchev–Trinajstić information content (AvgIpc) is 2.06. The van der Waals surface area contributed by atoms with Crippen molar-refractivity contribution in [2.45, 2.75) is 19.4 Å². The van der Waals surface area contributed by atoms with E-state index in [1.54, 1.807) is 6.20 Å². The fourth-order valence-corrected chi connectivity index (χ4v) is 1.39. The molecule has 1 aliphatic rings. The molecule has 0 spiro atoms. The summed E-state index contributed by atoms with van der Waals surface area (Å²) >= 11 is 0. The molecule has 1 aliphatic heterocycles. The number of pyridine rings is 1. The molecule has 1 aromatic heterocycles. The molecule has 0 aromatic carbocycles. The van der Waals surface area contributed by atoms with E-state index in [0.717, 1.165) is 24.5 Å². The van der Waals surface area contributed by atoms with Crippen molar-refractivity contribution in [3.8, 4) is 5.75 Å². The molecule has 70 valence electrons. The summed E-state index contributed by atoms with van der Waals surface area (Å²) in [4.78, 5) is 4.18. The van der Waals surface area contributed by atoms with Crippen molar-refractivity contribution in [3.63, 3.8) is 0 Å². The third-order valence-electron chi connectivity index (χ3n) is 2.31. The normalized spacial score (nSPS) is 19.2. The summed E-state index contributed by atoms with van der Waals surface area (Å²) in [6.07, 6.45) is 1.78. The molecule has 0 saturated carbocycles. The van der Waals surface area contributed by atoms with Gasteiger partial charge in [-0.05, 0) is 26.0 Å². The first-order valence-corrected chi connectivity index (χ1v) is 4.51. The second-order valence-electron chi connectivity index (χ2n) is 3.74. The largest absolute Gasteiger partial charge is 0.483 e. The summed E-state index contributed by atoms with van der Waals surface area (Å²) in [7, 11) is 0. The Labute approximate surface area is 78.1 Å². The number of nitrogens with one attached hydrogen (secondary N) is 1. The molecule has 2 rings (SSSR count). The van der Waals surface area contributed by atoms with E-state index in [0.29, 0.717) is 0 Å². The SMILES string of the molecule is Cc1ncccc1OC1(C)CNC1. The van der Waals surface area contributed by atoms with Crippen molar-refractivity contribution in [2.24, 2.45) is 0 Å². The van der Waals surface area contributed by atoms with Gasteiger partial charge in [0.05, 0.1) is 5.69 Å². The molecular weight excluding hydrogens is 164 g/mol. The van der Waals surface area contributed by atoms with Crippen LogP contribution >= 0.6 is 0 Å². The van der Waals surface area contributed by atoms with E-state index in [-0.39, 0.29) is 5.60 Å². The third-order valence-corrected chi connectivity index (χ3v) is 2.31. The number of hydrogen-bond acceptors (Lipinski definition) is 3. The van der Waals surface area contributed by atoms with Crippen molar-refractivity contribution in [1.29, 1.82) is 0 Å². The molecule has 13 heavy (non-hydrogen) atoms. The molecule has 0 atom stereocenters. The summed E-state index contributed by atoms with van der Waals surface area (Å²) in [6.45, 7) is 5.91. The van der Waals surface area contributed by atoms with Gasteiger partial charge in [-0.3, -0.25) is 4.98 Å². The maximum absolute atomic E-state index is 5.84. The van der Waals surface area contributed by atoms with E-state index >= 15 is 0 Å². The molecule has 3 nitrogen and oxygen atoms in total. The lowest BCUT2D eigenvalue weighted by atomic mass is 10.00. The minimum Gasteiger partial charge on any atom is -0.483 e. The smallest absolute Gasteiger partial charge is 0.141 e. The van der Waals surface area contributed by atoms with E-state index < -0.39 is 0 Å². The van der Waals surface area contributed by atoms with Gasteiger partial charge in [0.2, 0.25) is 0 Å². The molecule has 3 heteroatoms. The van der Waals surface area contributed by atoms with Gasteiger partial charge in [0.25, 0.3) is 0 Å². The van der Waals surface area contributed by atoms with Crippen LogP contribution in [0.3, 0.4) is 0 Å². The van der Waals surface area contributed by atoms with Crippen LogP contribution in [0.25, 0.3) is 0 Å². The molecule has 1 fully saturated rings. The lowest BCUT2D eigenvalue weighted by Gasteiger charge is -2.39. The van der Waals surface area contributed by atoms with Gasteiger partial charge in [0.15, 0.2) is 0 Å². The van der Waals surface area contributed by atoms with Crippen molar-refractivity contribution in [1.82, 2.24) is 10.3 Å². The molecule has 1 aromatic rings. The number of hydrogen-bond donors (Lipinski definition) is 1. The molecule has 0 unspecified atom stereocenters. The second kappa shape index (κ2) is 3.00. The fourth-order valence-electron chi connectivity index (χ4n) is 1.39. The van der Waals surface area contributed by atoms with Crippen LogP contribution in [0.15, 0.2) is 18.3 Å². The van der Waals surface area contributed by atoms with E-state index in [4.69, 9.17) is 4.74 Å². The zero-order valence-electron chi connectivity index (χ0n) is 8.00. The Morgan fingerprint density at radius 2 is 2.31 bits per heavy atom. The number of aromatic nitrogens is 1. The highest BCUT2D eigenvalue weighted by Gasteiger charge is 2.34. The number of aryl methyl sites for hydroxylation is 1. The number of ether oxygens (including phenoxy) is 1. The highest BCUT2D eigenvalue weighted by Crippen LogP contribution is 2.23. The predicted octanol–water partition coefficient (Wildman–Crippen LogP) is 1.13. The summed E-state index contributed by atoms with van der Waals surface area (Å²) < 4.78 is 5.84. The van der Waals surface area contributed by atoms with Gasteiger partial charge in [-0.25, -0.2) is 0 Å². The van der Waals surface area contributed by atoms with Crippen LogP contribution in [0.1, 0.15) is 12.6 Å². The van der Waals surface area contributed by atoms with Crippen LogP contribution in [0, 0.1) is 6.92 Å². The minimum atomic E-state index is -0.0339. The van der Waals surface area contributed by atoms with Crippen molar-refractivity contribution >= 4 is 0 Å². The molecule has 2 heterocycles. The Morgan fingerprint density at radius 1 is 1.54 bits per heavy atom. The van der Waals surface area contributed by atoms with Gasteiger partial charge in [-0.2, -0.15) is 0 Å². The lowest BCUT2D eigenvalue weighted by Crippen LogP contribution is -2.61. The Hall–Kier alpha value is -1.09. The van der Waals surface area contributed by atoms with Crippen LogP contribution in [-0.2, 0) is 0 Å². The zero-order valence-corrected chi connectivity index (χ0v) is 8.00. The highest BCUT2D eigenvalue weighted by atomic mass is 16.5. The summed E-state index contributed by atoms with van der Waals surface area (Å²) in [5, 5.41) is 3.20. The fraction of sp³-hybridized carbons (Fsp3) is 0.500. The number of rotatable bonds is 2. The van der Waals surface area contributed by atoms with E-state index in [9.17, 15) is 0 Å². The van der Waals surface area contributed by atoms with Crippen molar-refractivity contribution < 1.29 is 4.74 Å². The Morgan fingerprint density at radius 3 is 2.85 bits per heavy atom. The lowest BCUT2D eigenvalue weighted by molar-refractivity contribution is 0.0338. The predicted molar refractivity (Wildman–Crippen MR) is 50.9 cm³/mol. The summed E-state index contributed by atoms with van der Waals surface area (Å²) in [6, 6.07) is 3.86. The first-order chi connectivity index (χ1) is 6.20. The summed E-state index contributed by atoms with van der Waals surface area (Å²) in [5.74, 6) is 0.895. The number of nitrogens with zero attached hydrogens (tertiary/aromatic N) is 1. The molecule has 0 amide bonds. The van der Waals surface area contributed by atoms with Crippen molar-refractivity contribution in [3.05, 3.63) is 24.0 Å². The third kappa shape index (κ3) is 1.65.